The second-order valence-corrected chi connectivity index (χ2v) is 15.5. The van der Waals surface area contributed by atoms with Crippen molar-refractivity contribution in [2.45, 2.75) is 82.6 Å². The van der Waals surface area contributed by atoms with Gasteiger partial charge in [0, 0.05) is 44.7 Å². The molecule has 0 spiro atoms. The van der Waals surface area contributed by atoms with Crippen LogP contribution in [0.25, 0.3) is 0 Å². The number of aliphatic hydroxyl groups excluding tert-OH is 2. The molecule has 1 saturated carbocycles. The van der Waals surface area contributed by atoms with Crippen LogP contribution < -0.4 is 19.5 Å². The zero-order valence-corrected chi connectivity index (χ0v) is 34.5. The highest BCUT2D eigenvalue weighted by Crippen LogP contribution is 2.61. The average Bonchev–Trinajstić information content (AvgIpc) is 3.24. The fourth-order valence-corrected chi connectivity index (χ4v) is 9.09. The number of carbonyl (C=O) groups is 2. The number of allylic oxidation sites excluding steroid dienone is 1. The van der Waals surface area contributed by atoms with E-state index in [0.29, 0.717) is 42.3 Å². The molecule has 3 aromatic carbocycles. The summed E-state index contributed by atoms with van der Waals surface area (Å²) >= 11 is 0. The maximum Gasteiger partial charge on any atom is 0.412 e. The lowest BCUT2D eigenvalue weighted by molar-refractivity contribution is -0.255. The van der Waals surface area contributed by atoms with Crippen molar-refractivity contribution in [2.75, 3.05) is 40.5 Å². The zero-order chi connectivity index (χ0) is 41.8. The van der Waals surface area contributed by atoms with Crippen LogP contribution in [0.15, 0.2) is 102 Å². The third-order valence-electron chi connectivity index (χ3n) is 11.8. The molecule has 12 nitrogen and oxygen atoms in total. The molecule has 1 heterocycles. The number of fused-ring (bicyclic) bond motifs is 2. The molecule has 3 aliphatic rings. The van der Waals surface area contributed by atoms with E-state index in [1.165, 1.54) is 0 Å². The Balaban J connectivity index is 1.54. The number of aliphatic hydroxyl groups is 2. The van der Waals surface area contributed by atoms with Gasteiger partial charge in [-0.05, 0) is 91.5 Å². The Hall–Kier alpha value is -5.17. The van der Waals surface area contributed by atoms with E-state index in [1.54, 1.807) is 31.2 Å². The van der Waals surface area contributed by atoms with E-state index >= 15 is 0 Å². The van der Waals surface area contributed by atoms with Crippen LogP contribution in [0.3, 0.4) is 0 Å². The van der Waals surface area contributed by atoms with Gasteiger partial charge in [-0.25, -0.2) is 4.79 Å². The Bertz CT molecular complexity index is 1950. The number of likely N-dealkylation sites (N-methyl/N-ethyl adjacent to an activating group) is 1. The summed E-state index contributed by atoms with van der Waals surface area (Å²) in [6.45, 7) is 6.81. The van der Waals surface area contributed by atoms with Gasteiger partial charge in [-0.15, -0.1) is 6.58 Å². The first kappa shape index (κ1) is 43.4. The van der Waals surface area contributed by atoms with Gasteiger partial charge in [-0.3, -0.25) is 4.79 Å². The van der Waals surface area contributed by atoms with Crippen molar-refractivity contribution in [3.05, 3.63) is 114 Å². The van der Waals surface area contributed by atoms with Crippen molar-refractivity contribution < 1.29 is 43.6 Å². The van der Waals surface area contributed by atoms with Gasteiger partial charge in [0.15, 0.2) is 0 Å². The molecule has 2 amide bonds. The highest BCUT2D eigenvalue weighted by Gasteiger charge is 2.65. The molecular weight excluding hydrogens is 751 g/mol. The second-order valence-electron chi connectivity index (χ2n) is 15.5. The lowest BCUT2D eigenvalue weighted by Gasteiger charge is -2.59. The van der Waals surface area contributed by atoms with E-state index < -0.39 is 23.8 Å². The van der Waals surface area contributed by atoms with Crippen molar-refractivity contribution in [2.24, 2.45) is 22.9 Å². The predicted molar refractivity (Wildman–Crippen MR) is 225 cm³/mol. The molecule has 59 heavy (non-hydrogen) atoms. The number of hydrogen-bond donors (Lipinski definition) is 3. The molecule has 0 radical (unpaired) electrons. The Morgan fingerprint density at radius 2 is 1.75 bits per heavy atom. The summed E-state index contributed by atoms with van der Waals surface area (Å²) in [5.74, 6) is -0.621. The number of ether oxygens (including phenoxy) is 4. The number of rotatable bonds is 20. The van der Waals surface area contributed by atoms with Crippen LogP contribution >= 0.6 is 0 Å². The topological polar surface area (TPSA) is 148 Å². The highest BCUT2D eigenvalue weighted by molar-refractivity contribution is 6.03. The smallest absolute Gasteiger partial charge is 0.412 e. The van der Waals surface area contributed by atoms with Crippen molar-refractivity contribution in [3.8, 4) is 17.2 Å². The number of oxime groups is 1. The minimum absolute atomic E-state index is 0.0195. The zero-order valence-electron chi connectivity index (χ0n) is 34.5. The molecule has 316 valence electrons. The summed E-state index contributed by atoms with van der Waals surface area (Å²) in [5, 5.41) is 27.3. The quantitative estimate of drug-likeness (QED) is 0.0606. The van der Waals surface area contributed by atoms with Gasteiger partial charge in [-0.1, -0.05) is 72.6 Å². The van der Waals surface area contributed by atoms with Crippen LogP contribution in [-0.2, 0) is 27.4 Å². The molecule has 0 bridgehead atoms. The molecule has 2 aliphatic carbocycles. The molecule has 3 aromatic rings. The molecule has 6 rings (SSSR count). The number of carbonyl (C=O) groups excluding carboxylic acids is 2. The first-order valence-electron chi connectivity index (χ1n) is 20.8. The molecule has 0 aromatic heterocycles. The molecule has 1 aliphatic heterocycles. The van der Waals surface area contributed by atoms with E-state index in [-0.39, 0.29) is 62.9 Å². The largest absolute Gasteiger partial charge is 0.497 e. The summed E-state index contributed by atoms with van der Waals surface area (Å²) in [4.78, 5) is 35.1. The van der Waals surface area contributed by atoms with Crippen molar-refractivity contribution in [1.29, 1.82) is 0 Å². The Morgan fingerprint density at radius 3 is 2.47 bits per heavy atom. The van der Waals surface area contributed by atoms with E-state index in [1.807, 2.05) is 73.7 Å². The molecule has 6 unspecified atom stereocenters. The maximum atomic E-state index is 14.5. The minimum atomic E-state index is -1.40. The first-order valence-corrected chi connectivity index (χ1v) is 20.8. The molecule has 3 N–H and O–H groups in total. The minimum Gasteiger partial charge on any atom is -0.497 e. The highest BCUT2D eigenvalue weighted by atomic mass is 16.7. The SMILES string of the molecule is C=CCOC12Oc3ccc(OC(=O)NCC)cc3C3C(CCCCO)C(CCCCO)C=C(C(=NOCc4ccccc4)CC1N(C)C(=O)Cc1cccc(OC)c1)C32. The number of nitrogens with zero attached hydrogens (tertiary/aromatic N) is 2. The fourth-order valence-electron chi connectivity index (χ4n) is 9.09. The third kappa shape index (κ3) is 10.0. The van der Waals surface area contributed by atoms with Crippen molar-refractivity contribution >= 4 is 17.7 Å². The van der Waals surface area contributed by atoms with Crippen LogP contribution in [0.2, 0.25) is 0 Å². The number of methoxy groups -OCH3 is 1. The van der Waals surface area contributed by atoms with Gasteiger partial charge in [0.2, 0.25) is 11.7 Å². The van der Waals surface area contributed by atoms with E-state index in [4.69, 9.17) is 28.9 Å². The van der Waals surface area contributed by atoms with Crippen molar-refractivity contribution in [3.63, 3.8) is 0 Å². The number of amides is 2. The summed E-state index contributed by atoms with van der Waals surface area (Å²) in [5.41, 5.74) is 4.25. The van der Waals surface area contributed by atoms with E-state index in [9.17, 15) is 19.8 Å². The molecule has 1 fully saturated rings. The van der Waals surface area contributed by atoms with E-state index in [0.717, 1.165) is 47.9 Å². The number of nitrogens with one attached hydrogen (secondary N) is 1. The Kier molecular flexibility index (Phi) is 15.2. The lowest BCUT2D eigenvalue weighted by Crippen LogP contribution is -2.69. The monoisotopic (exact) mass is 809 g/mol. The summed E-state index contributed by atoms with van der Waals surface area (Å²) in [6, 6.07) is 22.1. The van der Waals surface area contributed by atoms with E-state index in [2.05, 4.69) is 18.0 Å². The fraction of sp³-hybridized carbons (Fsp3) is 0.468. The van der Waals surface area contributed by atoms with Gasteiger partial charge >= 0.3 is 6.09 Å². The maximum absolute atomic E-state index is 14.5. The van der Waals surface area contributed by atoms with Crippen LogP contribution in [0, 0.1) is 17.8 Å². The molecule has 6 atom stereocenters. The van der Waals surface area contributed by atoms with Gasteiger partial charge < -0.3 is 44.2 Å². The molecular formula is C47H59N3O9. The Labute approximate surface area is 347 Å². The standard InChI is InChI=1S/C47H59N3O9/c1-5-25-56-47-42(50(3)43(53)27-33-17-14-19-35(26-33)55-4)30-40(49-57-31-32-15-8-7-9-16-32)38-28-34(18-10-12-23-51)37(20-11-13-24-52)44(45(38)47)39-29-36(21-22-41(39)59-47)58-46(54)48-6-2/h5,7-9,14-17,19,21-22,26,28-29,34,37,42,44-45,51-52H,1,6,10-13,18,20,23-25,27,30-31H2,2-4H3,(H,48,54). The van der Waals surface area contributed by atoms with Gasteiger partial charge in [0.05, 0.1) is 31.8 Å². The number of hydrogen-bond acceptors (Lipinski definition) is 10. The summed E-state index contributed by atoms with van der Waals surface area (Å²) in [7, 11) is 3.39. The average molecular weight is 810 g/mol. The van der Waals surface area contributed by atoms with Gasteiger partial charge in [-0.2, -0.15) is 0 Å². The van der Waals surface area contributed by atoms with Crippen molar-refractivity contribution in [1.82, 2.24) is 10.2 Å². The lowest BCUT2D eigenvalue weighted by atomic mass is 9.55. The van der Waals surface area contributed by atoms with Crippen LogP contribution in [0.1, 0.15) is 74.5 Å². The Morgan fingerprint density at radius 1 is 0.983 bits per heavy atom. The second kappa shape index (κ2) is 20.7. The van der Waals surface area contributed by atoms with Crippen LogP contribution in [-0.4, -0.2) is 85.2 Å². The number of unbranched alkanes of at least 4 members (excludes halogenated alkanes) is 2. The summed E-state index contributed by atoms with van der Waals surface area (Å²) < 4.78 is 25.4. The van der Waals surface area contributed by atoms with Gasteiger partial charge in [0.1, 0.15) is 29.9 Å². The first-order chi connectivity index (χ1) is 28.8. The predicted octanol–water partition coefficient (Wildman–Crippen LogP) is 7.34. The summed E-state index contributed by atoms with van der Waals surface area (Å²) in [6.07, 6.45) is 8.29. The number of benzene rings is 3. The molecule has 12 heteroatoms. The molecule has 0 saturated heterocycles. The van der Waals surface area contributed by atoms with Crippen LogP contribution in [0.4, 0.5) is 4.79 Å². The third-order valence-corrected chi connectivity index (χ3v) is 11.8. The van der Waals surface area contributed by atoms with Crippen LogP contribution in [0.5, 0.6) is 17.2 Å². The van der Waals surface area contributed by atoms with Gasteiger partial charge in [0.25, 0.3) is 0 Å². The normalized spacial score (nSPS) is 23.5.